The molecule has 160 valence electrons. The van der Waals surface area contributed by atoms with Crippen LogP contribution in [-0.2, 0) is 4.79 Å². The molecule has 2 amide bonds. The SMILES string of the molecule is CC1CCCC(C)N1C(=O)COc1ccc(C(=O)N2C[C@H]3CNC[C@H]3C2)cc1.Cl. The predicted octanol–water partition coefficient (Wildman–Crippen LogP) is 2.57. The van der Waals surface area contributed by atoms with Crippen molar-refractivity contribution in [2.24, 2.45) is 11.8 Å². The largest absolute Gasteiger partial charge is 0.484 e. The molecule has 3 saturated heterocycles. The maximum absolute atomic E-state index is 12.7. The summed E-state index contributed by atoms with van der Waals surface area (Å²) in [5.41, 5.74) is 0.685. The number of nitrogens with one attached hydrogen (secondary N) is 1. The molecular formula is C22H32ClN3O3. The van der Waals surface area contributed by atoms with Crippen LogP contribution in [0.2, 0.25) is 0 Å². The van der Waals surface area contributed by atoms with Gasteiger partial charge in [0.2, 0.25) is 0 Å². The summed E-state index contributed by atoms with van der Waals surface area (Å²) in [6, 6.07) is 7.75. The molecule has 0 bridgehead atoms. The summed E-state index contributed by atoms with van der Waals surface area (Å²) in [7, 11) is 0. The van der Waals surface area contributed by atoms with Crippen molar-refractivity contribution in [1.82, 2.24) is 15.1 Å². The third kappa shape index (κ3) is 4.69. The first-order chi connectivity index (χ1) is 13.5. The first kappa shape index (κ1) is 21.9. The van der Waals surface area contributed by atoms with Crippen molar-refractivity contribution < 1.29 is 14.3 Å². The Bertz CT molecular complexity index is 705. The third-order valence-corrected chi connectivity index (χ3v) is 6.62. The second-order valence-corrected chi connectivity index (χ2v) is 8.63. The molecule has 0 radical (unpaired) electrons. The lowest BCUT2D eigenvalue weighted by molar-refractivity contribution is -0.139. The van der Waals surface area contributed by atoms with Crippen molar-refractivity contribution >= 4 is 24.2 Å². The van der Waals surface area contributed by atoms with Crippen molar-refractivity contribution in [2.75, 3.05) is 32.8 Å². The number of amides is 2. The highest BCUT2D eigenvalue weighted by atomic mass is 35.5. The molecule has 29 heavy (non-hydrogen) atoms. The standard InChI is InChI=1S/C22H31N3O3.ClH/c1-15-4-3-5-16(2)25(15)21(26)14-28-20-8-6-17(7-9-20)22(27)24-12-18-10-23-11-19(18)13-24;/h6-9,15-16,18-19,23H,3-5,10-14H2,1-2H3;1H/t15?,16?,18-,19+;. The molecule has 7 heteroatoms. The fourth-order valence-corrected chi connectivity index (χ4v) is 5.03. The minimum Gasteiger partial charge on any atom is -0.484 e. The molecule has 0 saturated carbocycles. The molecule has 3 aliphatic heterocycles. The molecule has 3 fully saturated rings. The van der Waals surface area contributed by atoms with Gasteiger partial charge >= 0.3 is 0 Å². The predicted molar refractivity (Wildman–Crippen MR) is 115 cm³/mol. The lowest BCUT2D eigenvalue weighted by Gasteiger charge is -2.38. The average Bonchev–Trinajstić information content (AvgIpc) is 3.28. The van der Waals surface area contributed by atoms with E-state index in [1.807, 2.05) is 9.80 Å². The van der Waals surface area contributed by atoms with Crippen molar-refractivity contribution in [1.29, 1.82) is 0 Å². The second kappa shape index (κ2) is 9.35. The molecular weight excluding hydrogens is 390 g/mol. The van der Waals surface area contributed by atoms with Crippen molar-refractivity contribution in [3.8, 4) is 5.75 Å². The zero-order valence-corrected chi connectivity index (χ0v) is 18.1. The number of likely N-dealkylation sites (tertiary alicyclic amines) is 2. The van der Waals surface area contributed by atoms with Gasteiger partial charge in [-0.2, -0.15) is 0 Å². The topological polar surface area (TPSA) is 61.9 Å². The van der Waals surface area contributed by atoms with Gasteiger partial charge in [0.1, 0.15) is 5.75 Å². The van der Waals surface area contributed by atoms with Crippen LogP contribution in [0.1, 0.15) is 43.5 Å². The molecule has 2 unspecified atom stereocenters. The van der Waals surface area contributed by atoms with E-state index in [0.29, 0.717) is 23.1 Å². The molecule has 3 heterocycles. The van der Waals surface area contributed by atoms with Gasteiger partial charge in [0.25, 0.3) is 11.8 Å². The van der Waals surface area contributed by atoms with Crippen LogP contribution >= 0.6 is 12.4 Å². The summed E-state index contributed by atoms with van der Waals surface area (Å²) in [5.74, 6) is 1.95. The van der Waals surface area contributed by atoms with Crippen LogP contribution in [0.5, 0.6) is 5.75 Å². The van der Waals surface area contributed by atoms with Gasteiger partial charge in [0.15, 0.2) is 6.61 Å². The van der Waals surface area contributed by atoms with E-state index in [2.05, 4.69) is 19.2 Å². The zero-order chi connectivity index (χ0) is 19.7. The Labute approximate surface area is 179 Å². The number of carbonyl (C=O) groups is 2. The molecule has 1 aromatic carbocycles. The van der Waals surface area contributed by atoms with Gasteiger partial charge in [-0.15, -0.1) is 12.4 Å². The number of ether oxygens (including phenoxy) is 1. The zero-order valence-electron chi connectivity index (χ0n) is 17.3. The van der Waals surface area contributed by atoms with Crippen LogP contribution in [0.3, 0.4) is 0 Å². The molecule has 4 atom stereocenters. The fraction of sp³-hybridized carbons (Fsp3) is 0.636. The van der Waals surface area contributed by atoms with Crippen LogP contribution in [0.4, 0.5) is 0 Å². The van der Waals surface area contributed by atoms with Crippen LogP contribution in [0.25, 0.3) is 0 Å². The van der Waals surface area contributed by atoms with Gasteiger partial charge in [-0.25, -0.2) is 0 Å². The number of rotatable bonds is 4. The Morgan fingerprint density at radius 3 is 2.21 bits per heavy atom. The first-order valence-corrected chi connectivity index (χ1v) is 10.6. The maximum Gasteiger partial charge on any atom is 0.260 e. The summed E-state index contributed by atoms with van der Waals surface area (Å²) >= 11 is 0. The van der Waals surface area contributed by atoms with Crippen LogP contribution in [0, 0.1) is 11.8 Å². The smallest absolute Gasteiger partial charge is 0.260 e. The Kier molecular flexibility index (Phi) is 7.06. The number of hydrogen-bond acceptors (Lipinski definition) is 4. The number of carbonyl (C=O) groups excluding carboxylic acids is 2. The number of fused-ring (bicyclic) bond motifs is 1. The van der Waals surface area contributed by atoms with E-state index in [0.717, 1.165) is 39.0 Å². The Hall–Kier alpha value is -1.79. The summed E-state index contributed by atoms with van der Waals surface area (Å²) in [4.78, 5) is 29.2. The van der Waals surface area contributed by atoms with E-state index in [1.54, 1.807) is 24.3 Å². The molecule has 0 aliphatic carbocycles. The molecule has 3 aliphatic rings. The van der Waals surface area contributed by atoms with Gasteiger partial charge in [0, 0.05) is 43.8 Å². The number of halogens is 1. The van der Waals surface area contributed by atoms with E-state index in [-0.39, 0.29) is 42.9 Å². The highest BCUT2D eigenvalue weighted by Gasteiger charge is 2.38. The monoisotopic (exact) mass is 421 g/mol. The lowest BCUT2D eigenvalue weighted by atomic mass is 9.97. The van der Waals surface area contributed by atoms with Crippen LogP contribution in [-0.4, -0.2) is 66.5 Å². The van der Waals surface area contributed by atoms with Gasteiger partial charge in [-0.3, -0.25) is 9.59 Å². The minimum absolute atomic E-state index is 0. The minimum atomic E-state index is 0. The molecule has 4 rings (SSSR count). The van der Waals surface area contributed by atoms with E-state index < -0.39 is 0 Å². The van der Waals surface area contributed by atoms with Gasteiger partial charge in [-0.05, 0) is 69.2 Å². The summed E-state index contributed by atoms with van der Waals surface area (Å²) in [6.45, 7) is 7.98. The number of hydrogen-bond donors (Lipinski definition) is 1. The highest BCUT2D eigenvalue weighted by molar-refractivity contribution is 5.94. The molecule has 1 aromatic rings. The lowest BCUT2D eigenvalue weighted by Crippen LogP contribution is -2.49. The first-order valence-electron chi connectivity index (χ1n) is 10.6. The fourth-order valence-electron chi connectivity index (χ4n) is 5.03. The molecule has 1 N–H and O–H groups in total. The Morgan fingerprint density at radius 2 is 1.62 bits per heavy atom. The van der Waals surface area contributed by atoms with E-state index >= 15 is 0 Å². The molecule has 0 aromatic heterocycles. The van der Waals surface area contributed by atoms with Crippen molar-refractivity contribution in [3.05, 3.63) is 29.8 Å². The quantitative estimate of drug-likeness (QED) is 0.811. The van der Waals surface area contributed by atoms with E-state index in [4.69, 9.17) is 4.74 Å². The van der Waals surface area contributed by atoms with Gasteiger partial charge in [0.05, 0.1) is 0 Å². The number of nitrogens with zero attached hydrogens (tertiary/aromatic N) is 2. The van der Waals surface area contributed by atoms with E-state index in [1.165, 1.54) is 6.42 Å². The summed E-state index contributed by atoms with van der Waals surface area (Å²) in [5, 5.41) is 3.40. The third-order valence-electron chi connectivity index (χ3n) is 6.62. The Morgan fingerprint density at radius 1 is 1.03 bits per heavy atom. The normalized spacial score (nSPS) is 28.6. The van der Waals surface area contributed by atoms with Gasteiger partial charge in [-0.1, -0.05) is 0 Å². The highest BCUT2D eigenvalue weighted by Crippen LogP contribution is 2.28. The van der Waals surface area contributed by atoms with Crippen molar-refractivity contribution in [2.45, 2.75) is 45.2 Å². The average molecular weight is 422 g/mol. The molecule has 6 nitrogen and oxygen atoms in total. The van der Waals surface area contributed by atoms with Gasteiger partial charge < -0.3 is 19.9 Å². The van der Waals surface area contributed by atoms with Crippen molar-refractivity contribution in [3.63, 3.8) is 0 Å². The summed E-state index contributed by atoms with van der Waals surface area (Å²) < 4.78 is 5.71. The van der Waals surface area contributed by atoms with Crippen LogP contribution in [0.15, 0.2) is 24.3 Å². The van der Waals surface area contributed by atoms with E-state index in [9.17, 15) is 9.59 Å². The van der Waals surface area contributed by atoms with Crippen LogP contribution < -0.4 is 10.1 Å². The number of benzene rings is 1. The second-order valence-electron chi connectivity index (χ2n) is 8.63. The Balaban J connectivity index is 0.00000240. The maximum atomic E-state index is 12.7. The molecule has 0 spiro atoms. The number of piperidine rings is 1. The summed E-state index contributed by atoms with van der Waals surface area (Å²) in [6.07, 6.45) is 3.29.